The van der Waals surface area contributed by atoms with Gasteiger partial charge in [-0.15, -0.1) is 11.4 Å². The van der Waals surface area contributed by atoms with Crippen molar-refractivity contribution in [3.05, 3.63) is 35.9 Å². The van der Waals surface area contributed by atoms with Crippen LogP contribution in [0.2, 0.25) is 0 Å². The molecule has 1 aromatic carbocycles. The lowest BCUT2D eigenvalue weighted by Crippen LogP contribution is -1.85. The Hall–Kier alpha value is 0.220. The lowest BCUT2D eigenvalue weighted by molar-refractivity contribution is 1.41. The summed E-state index contributed by atoms with van der Waals surface area (Å²) in [6, 6.07) is 10.6. The molecule has 14 heavy (non-hydrogen) atoms. The van der Waals surface area contributed by atoms with Crippen LogP contribution in [0, 0.1) is 0 Å². The van der Waals surface area contributed by atoms with Crippen LogP contribution in [0.4, 0.5) is 0 Å². The first-order valence-electron chi connectivity index (χ1n) is 4.96. The Morgan fingerprint density at radius 3 is 2.21 bits per heavy atom. The minimum absolute atomic E-state index is 1.08. The summed E-state index contributed by atoms with van der Waals surface area (Å²) in [5.74, 6) is 1.08. The van der Waals surface area contributed by atoms with Crippen LogP contribution in [0.5, 0.6) is 0 Å². The predicted molar refractivity (Wildman–Crippen MR) is 73.1 cm³/mol. The fraction of sp³-hybridized carbons (Fsp3) is 0.455. The van der Waals surface area contributed by atoms with Gasteiger partial charge in [0.15, 0.2) is 0 Å². The van der Waals surface area contributed by atoms with E-state index in [0.717, 1.165) is 5.75 Å². The van der Waals surface area contributed by atoms with E-state index in [-0.39, 0.29) is 0 Å². The van der Waals surface area contributed by atoms with Crippen molar-refractivity contribution in [1.29, 1.82) is 0 Å². The molecule has 0 aliphatic heterocycles. The van der Waals surface area contributed by atoms with Crippen molar-refractivity contribution in [2.24, 2.45) is 0 Å². The second kappa shape index (κ2) is 5.95. The van der Waals surface area contributed by atoms with E-state index in [1.165, 1.54) is 17.9 Å². The molecule has 0 heterocycles. The van der Waals surface area contributed by atoms with Crippen LogP contribution in [0.3, 0.4) is 0 Å². The SMILES string of the molecule is CCP(=S)(CC)SCc1ccccc1. The maximum absolute atomic E-state index is 5.68. The molecule has 0 aromatic heterocycles. The molecular formula is C11H17PS2. The Balaban J connectivity index is 2.52. The Morgan fingerprint density at radius 1 is 1.14 bits per heavy atom. The van der Waals surface area contributed by atoms with Crippen LogP contribution in [0.1, 0.15) is 19.4 Å². The highest BCUT2D eigenvalue weighted by Gasteiger charge is 2.11. The summed E-state index contributed by atoms with van der Waals surface area (Å²) in [6.07, 6.45) is 2.35. The highest BCUT2D eigenvalue weighted by molar-refractivity contribution is 8.70. The Morgan fingerprint density at radius 2 is 1.71 bits per heavy atom. The minimum Gasteiger partial charge on any atom is -0.119 e. The van der Waals surface area contributed by atoms with Crippen LogP contribution in [-0.4, -0.2) is 12.3 Å². The van der Waals surface area contributed by atoms with Crippen LogP contribution in [0.25, 0.3) is 0 Å². The van der Waals surface area contributed by atoms with Gasteiger partial charge >= 0.3 is 0 Å². The molecule has 1 aromatic rings. The van der Waals surface area contributed by atoms with Gasteiger partial charge in [0.2, 0.25) is 0 Å². The van der Waals surface area contributed by atoms with E-state index in [1.54, 1.807) is 0 Å². The first-order chi connectivity index (χ1) is 6.70. The first-order valence-corrected chi connectivity index (χ1v) is 9.73. The van der Waals surface area contributed by atoms with Gasteiger partial charge in [0.1, 0.15) is 0 Å². The van der Waals surface area contributed by atoms with E-state index in [1.807, 2.05) is 11.4 Å². The molecule has 0 amide bonds. The second-order valence-corrected chi connectivity index (χ2v) is 12.3. The van der Waals surface area contributed by atoms with Crippen LogP contribution in [-0.2, 0) is 17.6 Å². The third-order valence-corrected chi connectivity index (χ3v) is 11.0. The molecule has 1 rings (SSSR count). The topological polar surface area (TPSA) is 0 Å². The van der Waals surface area contributed by atoms with E-state index < -0.39 is 5.24 Å². The van der Waals surface area contributed by atoms with Gasteiger partial charge in [0.05, 0.1) is 0 Å². The van der Waals surface area contributed by atoms with Crippen LogP contribution >= 0.6 is 16.6 Å². The quantitative estimate of drug-likeness (QED) is 0.706. The Labute approximate surface area is 96.2 Å². The highest BCUT2D eigenvalue weighted by atomic mass is 32.9. The molecule has 0 atom stereocenters. The van der Waals surface area contributed by atoms with Crippen LogP contribution in [0.15, 0.2) is 30.3 Å². The molecule has 0 aliphatic rings. The molecule has 0 spiro atoms. The number of benzene rings is 1. The summed E-state index contributed by atoms with van der Waals surface area (Å²) in [5, 5.41) is -1.10. The van der Waals surface area contributed by atoms with Crippen molar-refractivity contribution in [2.45, 2.75) is 19.6 Å². The van der Waals surface area contributed by atoms with Gasteiger partial charge in [-0.05, 0) is 17.9 Å². The number of hydrogen-bond donors (Lipinski definition) is 0. The molecule has 0 saturated heterocycles. The summed E-state index contributed by atoms with van der Waals surface area (Å²) < 4.78 is 0. The zero-order valence-electron chi connectivity index (χ0n) is 8.77. The normalized spacial score (nSPS) is 11.6. The molecule has 0 aliphatic carbocycles. The number of rotatable bonds is 5. The van der Waals surface area contributed by atoms with Gasteiger partial charge in [-0.2, -0.15) is 0 Å². The fourth-order valence-electron chi connectivity index (χ4n) is 1.17. The Bertz CT molecular complexity index is 300. The molecule has 0 unspecified atom stereocenters. The van der Waals surface area contributed by atoms with Crippen LogP contribution < -0.4 is 0 Å². The predicted octanol–water partition coefficient (Wildman–Crippen LogP) is 4.35. The van der Waals surface area contributed by atoms with Gasteiger partial charge in [-0.25, -0.2) is 0 Å². The van der Waals surface area contributed by atoms with Gasteiger partial charge in [0.25, 0.3) is 0 Å². The smallest absolute Gasteiger partial charge is 0.0233 e. The van der Waals surface area contributed by atoms with Crippen molar-refractivity contribution < 1.29 is 0 Å². The van der Waals surface area contributed by atoms with E-state index in [4.69, 9.17) is 11.8 Å². The highest BCUT2D eigenvalue weighted by Crippen LogP contribution is 2.59. The second-order valence-electron chi connectivity index (χ2n) is 3.21. The third kappa shape index (κ3) is 3.76. The lowest BCUT2D eigenvalue weighted by Gasteiger charge is -2.17. The van der Waals surface area contributed by atoms with Crippen molar-refractivity contribution in [3.8, 4) is 0 Å². The van der Waals surface area contributed by atoms with Gasteiger partial charge in [-0.1, -0.05) is 56.0 Å². The zero-order chi connectivity index (χ0) is 10.4. The standard InChI is InChI=1S/C11H17PS2/c1-3-12(13,4-2)14-10-11-8-6-5-7-9-11/h5-9H,3-4,10H2,1-2H3. The molecular weight excluding hydrogens is 227 g/mol. The average molecular weight is 244 g/mol. The zero-order valence-corrected chi connectivity index (χ0v) is 11.3. The van der Waals surface area contributed by atoms with Crippen molar-refractivity contribution in [2.75, 3.05) is 12.3 Å². The monoisotopic (exact) mass is 244 g/mol. The summed E-state index contributed by atoms with van der Waals surface area (Å²) in [6.45, 7) is 4.45. The first kappa shape index (κ1) is 12.3. The van der Waals surface area contributed by atoms with Crippen molar-refractivity contribution >= 4 is 28.4 Å². The molecule has 0 N–H and O–H groups in total. The van der Waals surface area contributed by atoms with E-state index >= 15 is 0 Å². The average Bonchev–Trinajstić information content (AvgIpc) is 2.27. The molecule has 0 saturated carbocycles. The molecule has 0 fully saturated rings. The minimum atomic E-state index is -1.10. The van der Waals surface area contributed by atoms with E-state index in [9.17, 15) is 0 Å². The van der Waals surface area contributed by atoms with Gasteiger partial charge < -0.3 is 0 Å². The molecule has 78 valence electrons. The molecule has 0 bridgehead atoms. The van der Waals surface area contributed by atoms with Crippen molar-refractivity contribution in [3.63, 3.8) is 0 Å². The largest absolute Gasteiger partial charge is 0.119 e. The van der Waals surface area contributed by atoms with Crippen molar-refractivity contribution in [1.82, 2.24) is 0 Å². The third-order valence-electron chi connectivity index (χ3n) is 2.27. The lowest BCUT2D eigenvalue weighted by atomic mass is 10.2. The summed E-state index contributed by atoms with van der Waals surface area (Å²) in [4.78, 5) is 0. The molecule has 3 heteroatoms. The fourth-order valence-corrected chi connectivity index (χ4v) is 5.28. The molecule has 0 nitrogen and oxygen atoms in total. The van der Waals surface area contributed by atoms with Gasteiger partial charge in [0, 0.05) is 11.0 Å². The van der Waals surface area contributed by atoms with Gasteiger partial charge in [-0.3, -0.25) is 0 Å². The Kier molecular flexibility index (Phi) is 5.22. The maximum atomic E-state index is 5.68. The summed E-state index contributed by atoms with van der Waals surface area (Å²) >= 11 is 7.68. The van der Waals surface area contributed by atoms with E-state index in [2.05, 4.69) is 44.2 Å². The van der Waals surface area contributed by atoms with E-state index in [0.29, 0.717) is 0 Å². The summed E-state index contributed by atoms with van der Waals surface area (Å²) in [5.41, 5.74) is 1.40. The summed E-state index contributed by atoms with van der Waals surface area (Å²) in [7, 11) is 0. The maximum Gasteiger partial charge on any atom is 0.0233 e. The number of hydrogen-bond acceptors (Lipinski definition) is 2. The molecule has 0 radical (unpaired) electrons.